The largest absolute Gasteiger partial charge is 0.697 e. The van der Waals surface area contributed by atoms with E-state index in [-0.39, 0.29) is 35.4 Å². The zero-order chi connectivity index (χ0) is 25.3. The average molecular weight is 519 g/mol. The number of H-pyrrole nitrogens is 1. The standard InChI is InChI=1S/C19H28N5O8PS/c1-5-18(2,3)16(27)34-7-6-30-33(29)31-8-10-19(4,28)12(25)15(32-10)24-9-21-11-13(24)22-17(20)23-14(11)26/h9-10,12,15,25,28H,5-8H2,1-4H3,(H2-,20,22,23,26)/p+1/t10-,12?,15-,19-/m1/s1. The lowest BCUT2D eigenvalue weighted by atomic mass is 9.92. The van der Waals surface area contributed by atoms with E-state index >= 15 is 0 Å². The van der Waals surface area contributed by atoms with Gasteiger partial charge in [0.2, 0.25) is 5.95 Å². The Kier molecular flexibility index (Phi) is 8.13. The quantitative estimate of drug-likeness (QED) is 0.259. The van der Waals surface area contributed by atoms with Crippen LogP contribution in [0, 0.1) is 5.41 Å². The van der Waals surface area contributed by atoms with Gasteiger partial charge in [-0.15, -0.1) is 9.05 Å². The molecule has 3 rings (SSSR count). The summed E-state index contributed by atoms with van der Waals surface area (Å²) in [7, 11) is -2.55. The molecule has 1 saturated heterocycles. The normalized spacial score (nSPS) is 25.7. The molecule has 2 aromatic rings. The number of aliphatic hydroxyl groups is 2. The zero-order valence-electron chi connectivity index (χ0n) is 19.3. The second kappa shape index (κ2) is 10.4. The van der Waals surface area contributed by atoms with Crippen LogP contribution in [-0.4, -0.2) is 71.6 Å². The van der Waals surface area contributed by atoms with E-state index in [0.717, 1.165) is 11.8 Å². The van der Waals surface area contributed by atoms with E-state index in [2.05, 4.69) is 15.0 Å². The van der Waals surface area contributed by atoms with E-state index in [1.54, 1.807) is 0 Å². The Morgan fingerprint density at radius 1 is 1.47 bits per heavy atom. The molecule has 0 spiro atoms. The van der Waals surface area contributed by atoms with Crippen molar-refractivity contribution in [2.45, 2.75) is 58.2 Å². The number of ether oxygens (including phenoxy) is 1. The minimum absolute atomic E-state index is 0.0144. The fraction of sp³-hybridized carbons (Fsp3) is 0.684. The van der Waals surface area contributed by atoms with Crippen molar-refractivity contribution in [3.63, 3.8) is 0 Å². The summed E-state index contributed by atoms with van der Waals surface area (Å²) in [6.07, 6.45) is -1.76. The summed E-state index contributed by atoms with van der Waals surface area (Å²) in [6.45, 7) is 6.66. The SMILES string of the molecule is CCC(C)(C)C(=O)SCCO[P+](=O)OC[C@H]1O[C@@H](n2cnc3c(=O)[nH]c(N)nc32)C(O)[C@]1(C)O. The van der Waals surface area contributed by atoms with E-state index in [1.807, 2.05) is 20.8 Å². The van der Waals surface area contributed by atoms with E-state index < -0.39 is 43.3 Å². The lowest BCUT2D eigenvalue weighted by Crippen LogP contribution is -2.46. The summed E-state index contributed by atoms with van der Waals surface area (Å²) in [5, 5.41) is 21.5. The average Bonchev–Trinajstić information content (AvgIpc) is 3.28. The molecule has 13 nitrogen and oxygen atoms in total. The molecule has 2 aromatic heterocycles. The van der Waals surface area contributed by atoms with Gasteiger partial charge >= 0.3 is 8.25 Å². The van der Waals surface area contributed by atoms with Crippen molar-refractivity contribution in [1.29, 1.82) is 0 Å². The number of hydrogen-bond acceptors (Lipinski definition) is 12. The monoisotopic (exact) mass is 518 g/mol. The summed E-state index contributed by atoms with van der Waals surface area (Å²) in [6, 6.07) is 0. The number of imidazole rings is 1. The molecule has 5 N–H and O–H groups in total. The molecule has 0 aliphatic carbocycles. The molecule has 15 heteroatoms. The van der Waals surface area contributed by atoms with Crippen molar-refractivity contribution in [3.05, 3.63) is 16.7 Å². The van der Waals surface area contributed by atoms with E-state index in [0.29, 0.717) is 12.2 Å². The first-order valence-electron chi connectivity index (χ1n) is 10.6. The summed E-state index contributed by atoms with van der Waals surface area (Å²) < 4.78 is 29.4. The van der Waals surface area contributed by atoms with Crippen molar-refractivity contribution in [2.75, 3.05) is 24.7 Å². The smallest absolute Gasteiger partial charge is 0.385 e. The molecule has 0 amide bonds. The molecule has 188 valence electrons. The lowest BCUT2D eigenvalue weighted by Gasteiger charge is -2.25. The Labute approximate surface area is 200 Å². The van der Waals surface area contributed by atoms with Gasteiger partial charge in [0.25, 0.3) is 5.56 Å². The van der Waals surface area contributed by atoms with Gasteiger partial charge in [0, 0.05) is 15.7 Å². The predicted molar refractivity (Wildman–Crippen MR) is 124 cm³/mol. The number of nitrogen functional groups attached to an aromatic ring is 1. The Hall–Kier alpha value is -1.93. The third-order valence-corrected chi connectivity index (χ3v) is 7.77. The van der Waals surface area contributed by atoms with Gasteiger partial charge in [-0.1, -0.05) is 32.5 Å². The van der Waals surface area contributed by atoms with Crippen molar-refractivity contribution >= 4 is 42.2 Å². The van der Waals surface area contributed by atoms with Crippen LogP contribution in [0.5, 0.6) is 0 Å². The molecule has 1 aliphatic rings. The number of nitrogens with two attached hydrogens (primary N) is 1. The number of aromatic amines is 1. The Balaban J connectivity index is 1.57. The fourth-order valence-electron chi connectivity index (χ4n) is 3.17. The Bertz CT molecular complexity index is 1120. The maximum atomic E-state index is 12.1. The van der Waals surface area contributed by atoms with Crippen molar-refractivity contribution < 1.29 is 33.4 Å². The molecule has 1 aliphatic heterocycles. The van der Waals surface area contributed by atoms with Gasteiger partial charge in [0.1, 0.15) is 31.0 Å². The molecule has 0 saturated carbocycles. The second-order valence-electron chi connectivity index (χ2n) is 8.69. The van der Waals surface area contributed by atoms with Crippen LogP contribution >= 0.6 is 20.0 Å². The number of nitrogens with one attached hydrogen (secondary N) is 1. The molecule has 5 atom stereocenters. The maximum absolute atomic E-state index is 12.1. The summed E-state index contributed by atoms with van der Waals surface area (Å²) in [4.78, 5) is 34.4. The van der Waals surface area contributed by atoms with Crippen LogP contribution in [0.3, 0.4) is 0 Å². The lowest BCUT2D eigenvalue weighted by molar-refractivity contribution is -0.118. The molecular formula is C19H29N5O8PS+. The van der Waals surface area contributed by atoms with Gasteiger partial charge in [-0.05, 0) is 13.3 Å². The molecule has 0 aromatic carbocycles. The highest BCUT2D eigenvalue weighted by molar-refractivity contribution is 8.13. The number of carbonyl (C=O) groups excluding carboxylic acids is 1. The van der Waals surface area contributed by atoms with Gasteiger partial charge in [0.15, 0.2) is 22.5 Å². The number of aromatic nitrogens is 4. The highest BCUT2D eigenvalue weighted by Crippen LogP contribution is 2.39. The number of thioether (sulfide) groups is 1. The maximum Gasteiger partial charge on any atom is 0.697 e. The number of fused-ring (bicyclic) bond motifs is 1. The van der Waals surface area contributed by atoms with Gasteiger partial charge in [-0.25, -0.2) is 4.98 Å². The molecule has 34 heavy (non-hydrogen) atoms. The van der Waals surface area contributed by atoms with Crippen molar-refractivity contribution in [3.8, 4) is 0 Å². The van der Waals surface area contributed by atoms with Crippen molar-refractivity contribution in [2.24, 2.45) is 5.41 Å². The highest BCUT2D eigenvalue weighted by atomic mass is 32.2. The first kappa shape index (κ1) is 26.7. The number of carbonyl (C=O) groups is 1. The number of aliphatic hydroxyl groups excluding tert-OH is 1. The number of nitrogens with zero attached hydrogens (tertiary/aromatic N) is 3. The van der Waals surface area contributed by atoms with Gasteiger partial charge in [0.05, 0.1) is 6.33 Å². The third kappa shape index (κ3) is 5.48. The van der Waals surface area contributed by atoms with Crippen LogP contribution in [0.4, 0.5) is 5.95 Å². The minimum atomic E-state index is -2.55. The molecule has 3 heterocycles. The molecule has 0 radical (unpaired) electrons. The summed E-state index contributed by atoms with van der Waals surface area (Å²) in [5.74, 6) is 0.166. The topological polar surface area (TPSA) is 192 Å². The van der Waals surface area contributed by atoms with Crippen LogP contribution in [-0.2, 0) is 23.1 Å². The van der Waals surface area contributed by atoms with Crippen LogP contribution < -0.4 is 11.3 Å². The summed E-state index contributed by atoms with van der Waals surface area (Å²) in [5.41, 5.74) is 2.85. The zero-order valence-corrected chi connectivity index (χ0v) is 21.0. The highest BCUT2D eigenvalue weighted by Gasteiger charge is 2.54. The fourth-order valence-corrected chi connectivity index (χ4v) is 4.75. The van der Waals surface area contributed by atoms with E-state index in [1.165, 1.54) is 17.8 Å². The minimum Gasteiger partial charge on any atom is -0.385 e. The second-order valence-corrected chi connectivity index (χ2v) is 10.7. The first-order valence-corrected chi connectivity index (χ1v) is 12.6. The van der Waals surface area contributed by atoms with Crippen LogP contribution in [0.2, 0.25) is 0 Å². The Morgan fingerprint density at radius 3 is 2.85 bits per heavy atom. The van der Waals surface area contributed by atoms with E-state index in [9.17, 15) is 24.4 Å². The number of rotatable bonds is 10. The van der Waals surface area contributed by atoms with Crippen LogP contribution in [0.1, 0.15) is 40.3 Å². The summed E-state index contributed by atoms with van der Waals surface area (Å²) >= 11 is 1.10. The third-order valence-electron chi connectivity index (χ3n) is 5.83. The number of anilines is 1. The number of hydrogen-bond donors (Lipinski definition) is 4. The van der Waals surface area contributed by atoms with E-state index in [4.69, 9.17) is 19.5 Å². The Morgan fingerprint density at radius 2 is 2.18 bits per heavy atom. The molecule has 2 unspecified atom stereocenters. The van der Waals surface area contributed by atoms with Gasteiger partial charge in [-0.3, -0.25) is 19.1 Å². The molecule has 1 fully saturated rings. The van der Waals surface area contributed by atoms with Gasteiger partial charge in [-0.2, -0.15) is 4.98 Å². The first-order chi connectivity index (χ1) is 15.9. The molecule has 0 bridgehead atoms. The predicted octanol–water partition coefficient (Wildman–Crippen LogP) is 1.10. The van der Waals surface area contributed by atoms with Crippen LogP contribution in [0.15, 0.2) is 11.1 Å². The molecular weight excluding hydrogens is 489 g/mol. The van der Waals surface area contributed by atoms with Crippen LogP contribution in [0.25, 0.3) is 11.2 Å². The van der Waals surface area contributed by atoms with Crippen molar-refractivity contribution in [1.82, 2.24) is 19.5 Å². The van der Waals surface area contributed by atoms with Gasteiger partial charge < -0.3 is 20.7 Å².